The van der Waals surface area contributed by atoms with E-state index < -0.39 is 0 Å². The van der Waals surface area contributed by atoms with E-state index in [1.54, 1.807) is 0 Å². The van der Waals surface area contributed by atoms with Crippen molar-refractivity contribution < 1.29 is 9.63 Å². The van der Waals surface area contributed by atoms with Crippen LogP contribution in [0.3, 0.4) is 0 Å². The molecule has 29 heavy (non-hydrogen) atoms. The molecule has 1 aliphatic heterocycles. The highest BCUT2D eigenvalue weighted by Gasteiger charge is 2.36. The second-order valence-electron chi connectivity index (χ2n) is 7.67. The molecule has 8 heteroatoms. The highest BCUT2D eigenvalue weighted by molar-refractivity contribution is 9.10. The standard InChI is InChI=1S/C21H22Br2ClN3O2/c22-15-7-14-2-1-13-8-16(24)9-17(23)19(13)20(21(14)26-10-15)12-3-5-27(6-4-12)18(28)11-29-25/h7-10,12,20H,1-6,11,25H2/t20-/m1/s1. The summed E-state index contributed by atoms with van der Waals surface area (Å²) < 4.78 is 2.04. The lowest BCUT2D eigenvalue weighted by atomic mass is 9.76. The van der Waals surface area contributed by atoms with E-state index in [0.29, 0.717) is 19.0 Å². The van der Waals surface area contributed by atoms with Gasteiger partial charge in [-0.05, 0) is 82.4 Å². The number of nitrogens with zero attached hydrogens (tertiary/aromatic N) is 2. The minimum Gasteiger partial charge on any atom is -0.341 e. The normalized spacial score (nSPS) is 19.4. The molecule has 1 fully saturated rings. The van der Waals surface area contributed by atoms with E-state index in [9.17, 15) is 4.79 Å². The van der Waals surface area contributed by atoms with Crippen LogP contribution in [0.15, 0.2) is 33.3 Å². The molecule has 1 aromatic carbocycles. The second kappa shape index (κ2) is 9.02. The number of carbonyl (C=O) groups excluding carboxylic acids is 1. The third-order valence-electron chi connectivity index (χ3n) is 5.99. The monoisotopic (exact) mass is 541 g/mol. The van der Waals surface area contributed by atoms with Gasteiger partial charge >= 0.3 is 0 Å². The van der Waals surface area contributed by atoms with Crippen LogP contribution in [-0.2, 0) is 22.5 Å². The van der Waals surface area contributed by atoms with Gasteiger partial charge in [0, 0.05) is 39.2 Å². The van der Waals surface area contributed by atoms with E-state index in [0.717, 1.165) is 45.3 Å². The van der Waals surface area contributed by atoms with Gasteiger partial charge in [-0.1, -0.05) is 27.5 Å². The lowest BCUT2D eigenvalue weighted by molar-refractivity contribution is -0.137. The number of hydrogen-bond acceptors (Lipinski definition) is 4. The summed E-state index contributed by atoms with van der Waals surface area (Å²) in [6.45, 7) is 1.34. The summed E-state index contributed by atoms with van der Waals surface area (Å²) in [5, 5.41) is 0.747. The quantitative estimate of drug-likeness (QED) is 0.574. The first-order chi connectivity index (χ1) is 14.0. The maximum Gasteiger partial charge on any atom is 0.250 e. The zero-order valence-electron chi connectivity index (χ0n) is 15.8. The molecule has 0 unspecified atom stereocenters. The van der Waals surface area contributed by atoms with Crippen molar-refractivity contribution in [1.82, 2.24) is 9.88 Å². The maximum absolute atomic E-state index is 12.1. The predicted molar refractivity (Wildman–Crippen MR) is 120 cm³/mol. The summed E-state index contributed by atoms with van der Waals surface area (Å²) in [4.78, 5) is 23.4. The molecular weight excluding hydrogens is 522 g/mol. The molecule has 0 radical (unpaired) electrons. The Hall–Kier alpha value is -0.990. The zero-order chi connectivity index (χ0) is 20.5. The lowest BCUT2D eigenvalue weighted by Gasteiger charge is -2.37. The third kappa shape index (κ3) is 4.39. The van der Waals surface area contributed by atoms with Crippen LogP contribution in [0.2, 0.25) is 5.02 Å². The first-order valence-electron chi connectivity index (χ1n) is 9.69. The molecule has 1 atom stereocenters. The van der Waals surface area contributed by atoms with E-state index in [1.165, 1.54) is 16.7 Å². The number of hydrogen-bond donors (Lipinski definition) is 1. The van der Waals surface area contributed by atoms with Crippen molar-refractivity contribution in [2.45, 2.75) is 31.6 Å². The number of carbonyl (C=O) groups is 1. The van der Waals surface area contributed by atoms with Gasteiger partial charge in [0.1, 0.15) is 6.61 Å². The molecule has 0 bridgehead atoms. The van der Waals surface area contributed by atoms with Crippen molar-refractivity contribution in [1.29, 1.82) is 0 Å². The van der Waals surface area contributed by atoms with Gasteiger partial charge in [-0.15, -0.1) is 0 Å². The molecule has 5 nitrogen and oxygen atoms in total. The fraction of sp³-hybridized carbons (Fsp3) is 0.429. The predicted octanol–water partition coefficient (Wildman–Crippen LogP) is 4.62. The second-order valence-corrected chi connectivity index (χ2v) is 9.87. The number of rotatable bonds is 3. The summed E-state index contributed by atoms with van der Waals surface area (Å²) in [6, 6.07) is 6.26. The topological polar surface area (TPSA) is 68.5 Å². The van der Waals surface area contributed by atoms with Gasteiger partial charge in [0.05, 0.1) is 5.69 Å². The Morgan fingerprint density at radius 2 is 1.93 bits per heavy atom. The van der Waals surface area contributed by atoms with Crippen LogP contribution in [0, 0.1) is 5.92 Å². The molecule has 4 rings (SSSR count). The average Bonchev–Trinajstić information content (AvgIpc) is 2.85. The molecule has 1 aromatic heterocycles. The Balaban J connectivity index is 1.72. The van der Waals surface area contributed by atoms with Gasteiger partial charge in [0.2, 0.25) is 0 Å². The van der Waals surface area contributed by atoms with Gasteiger partial charge in [0.15, 0.2) is 0 Å². The van der Waals surface area contributed by atoms with Crippen molar-refractivity contribution in [2.75, 3.05) is 19.7 Å². The fourth-order valence-corrected chi connectivity index (χ4v) is 6.17. The van der Waals surface area contributed by atoms with Crippen molar-refractivity contribution in [3.05, 3.63) is 60.7 Å². The first-order valence-corrected chi connectivity index (χ1v) is 11.7. The van der Waals surface area contributed by atoms with Crippen LogP contribution in [0.25, 0.3) is 0 Å². The molecule has 2 aromatic rings. The van der Waals surface area contributed by atoms with E-state index in [2.05, 4.69) is 48.8 Å². The van der Waals surface area contributed by atoms with Crippen LogP contribution in [0.1, 0.15) is 41.1 Å². The number of aryl methyl sites for hydroxylation is 2. The Kier molecular flexibility index (Phi) is 6.61. The molecule has 1 aliphatic carbocycles. The highest BCUT2D eigenvalue weighted by Crippen LogP contribution is 2.46. The first kappa shape index (κ1) is 21.2. The van der Waals surface area contributed by atoms with Crippen molar-refractivity contribution in [3.63, 3.8) is 0 Å². The lowest BCUT2D eigenvalue weighted by Crippen LogP contribution is -2.42. The van der Waals surface area contributed by atoms with Gasteiger partial charge in [0.25, 0.3) is 5.91 Å². The van der Waals surface area contributed by atoms with Crippen LogP contribution in [0.5, 0.6) is 0 Å². The van der Waals surface area contributed by atoms with E-state index in [-0.39, 0.29) is 18.4 Å². The van der Waals surface area contributed by atoms with Crippen molar-refractivity contribution >= 4 is 49.4 Å². The Labute approximate surface area is 192 Å². The summed E-state index contributed by atoms with van der Waals surface area (Å²) >= 11 is 13.7. The number of pyridine rings is 1. The largest absolute Gasteiger partial charge is 0.341 e. The maximum atomic E-state index is 12.1. The minimum absolute atomic E-state index is 0.0531. The molecule has 2 N–H and O–H groups in total. The number of benzene rings is 1. The van der Waals surface area contributed by atoms with E-state index in [4.69, 9.17) is 22.5 Å². The number of likely N-dealkylation sites (tertiary alicyclic amines) is 1. The molecule has 2 aliphatic rings. The number of piperidine rings is 1. The van der Waals surface area contributed by atoms with Crippen LogP contribution >= 0.6 is 43.5 Å². The van der Waals surface area contributed by atoms with Gasteiger partial charge in [-0.2, -0.15) is 0 Å². The van der Waals surface area contributed by atoms with Gasteiger partial charge < -0.3 is 4.90 Å². The van der Waals surface area contributed by atoms with E-state index >= 15 is 0 Å². The average molecular weight is 544 g/mol. The molecule has 2 heterocycles. The number of nitrogens with two attached hydrogens (primary N) is 1. The van der Waals surface area contributed by atoms with E-state index in [1.807, 2.05) is 17.2 Å². The van der Waals surface area contributed by atoms with Crippen molar-refractivity contribution in [3.8, 4) is 0 Å². The smallest absolute Gasteiger partial charge is 0.250 e. The Bertz CT molecular complexity index is 932. The third-order valence-corrected chi connectivity index (χ3v) is 7.30. The van der Waals surface area contributed by atoms with Crippen LogP contribution in [0.4, 0.5) is 0 Å². The Morgan fingerprint density at radius 3 is 2.66 bits per heavy atom. The van der Waals surface area contributed by atoms with Gasteiger partial charge in [-0.25, -0.2) is 5.90 Å². The van der Waals surface area contributed by atoms with Crippen molar-refractivity contribution in [2.24, 2.45) is 11.8 Å². The minimum atomic E-state index is -0.0700. The molecular formula is C21H22Br2ClN3O2. The Morgan fingerprint density at radius 1 is 1.21 bits per heavy atom. The summed E-state index contributed by atoms with van der Waals surface area (Å²) in [7, 11) is 0. The molecule has 154 valence electrons. The highest BCUT2D eigenvalue weighted by atomic mass is 79.9. The number of aromatic nitrogens is 1. The molecule has 0 saturated carbocycles. The number of halogens is 3. The van der Waals surface area contributed by atoms with Gasteiger partial charge in [-0.3, -0.25) is 14.6 Å². The molecule has 1 amide bonds. The molecule has 0 spiro atoms. The molecule has 1 saturated heterocycles. The summed E-state index contributed by atoms with van der Waals surface area (Å²) in [6.07, 6.45) is 5.57. The SMILES string of the molecule is NOCC(=O)N1CCC([C@H]2c3ncc(Br)cc3CCc3cc(Cl)cc(Br)c32)CC1. The summed E-state index contributed by atoms with van der Waals surface area (Å²) in [5.41, 5.74) is 4.99. The summed E-state index contributed by atoms with van der Waals surface area (Å²) in [5.74, 6) is 5.58. The number of amides is 1. The van der Waals surface area contributed by atoms with Crippen LogP contribution < -0.4 is 5.90 Å². The van der Waals surface area contributed by atoms with Crippen LogP contribution in [-0.4, -0.2) is 35.5 Å². The zero-order valence-corrected chi connectivity index (χ0v) is 19.8. The fourth-order valence-electron chi connectivity index (χ4n) is 4.68. The number of fused-ring (bicyclic) bond motifs is 2.